The lowest BCUT2D eigenvalue weighted by molar-refractivity contribution is 0.286. The normalized spacial score (nSPS) is 13.5. The zero-order valence-corrected chi connectivity index (χ0v) is 9.13. The zero-order chi connectivity index (χ0) is 10.4. The average Bonchev–Trinajstić information content (AvgIpc) is 2.16. The Balaban J connectivity index is 2.68. The van der Waals surface area contributed by atoms with Crippen LogP contribution in [0.15, 0.2) is 35.5 Å². The van der Waals surface area contributed by atoms with Gasteiger partial charge in [-0.1, -0.05) is 18.2 Å². The molecule has 1 aromatic carbocycles. The number of hydrogen-bond acceptors (Lipinski definition) is 5. The smallest absolute Gasteiger partial charge is 0.415 e. The molecule has 1 atom stereocenters. The SMILES string of the molecule is CP(=O)(ON=C=S)Oc1ccccc1. The number of para-hydroxylation sites is 1. The summed E-state index contributed by atoms with van der Waals surface area (Å²) in [6.45, 7) is 1.30. The molecule has 0 aliphatic carbocycles. The van der Waals surface area contributed by atoms with Crippen LogP contribution in [-0.2, 0) is 9.19 Å². The van der Waals surface area contributed by atoms with Crippen LogP contribution < -0.4 is 4.52 Å². The summed E-state index contributed by atoms with van der Waals surface area (Å²) in [5.74, 6) is 0.456. The van der Waals surface area contributed by atoms with Crippen molar-refractivity contribution in [1.82, 2.24) is 0 Å². The van der Waals surface area contributed by atoms with Crippen molar-refractivity contribution in [3.05, 3.63) is 30.3 Å². The highest BCUT2D eigenvalue weighted by atomic mass is 32.1. The standard InChI is InChI=1S/C8H8NO3PS/c1-13(10,12-9-7-14)11-8-5-3-2-4-6-8/h2-6H,1H3. The minimum absolute atomic E-state index is 0.456. The summed E-state index contributed by atoms with van der Waals surface area (Å²) in [5, 5.41) is 5.06. The van der Waals surface area contributed by atoms with Crippen LogP contribution in [0.25, 0.3) is 0 Å². The van der Waals surface area contributed by atoms with Gasteiger partial charge < -0.3 is 4.52 Å². The van der Waals surface area contributed by atoms with Gasteiger partial charge in [0.15, 0.2) is 0 Å². The molecule has 0 aliphatic rings. The van der Waals surface area contributed by atoms with Gasteiger partial charge in [0.25, 0.3) is 0 Å². The predicted molar refractivity (Wildman–Crippen MR) is 56.7 cm³/mol. The van der Waals surface area contributed by atoms with Crippen molar-refractivity contribution < 1.29 is 13.7 Å². The fraction of sp³-hybridized carbons (Fsp3) is 0.125. The van der Waals surface area contributed by atoms with Crippen LogP contribution >= 0.6 is 19.8 Å². The summed E-state index contributed by atoms with van der Waals surface area (Å²) in [5.41, 5.74) is 0. The van der Waals surface area contributed by atoms with E-state index in [1.54, 1.807) is 24.3 Å². The first-order chi connectivity index (χ1) is 6.64. The Kier molecular flexibility index (Phi) is 3.84. The molecule has 0 radical (unpaired) electrons. The highest BCUT2D eigenvalue weighted by Crippen LogP contribution is 2.44. The number of nitrogens with zero attached hydrogens (tertiary/aromatic N) is 1. The van der Waals surface area contributed by atoms with E-state index < -0.39 is 7.60 Å². The molecular weight excluding hydrogens is 221 g/mol. The van der Waals surface area contributed by atoms with Crippen LogP contribution in [0.5, 0.6) is 5.75 Å². The van der Waals surface area contributed by atoms with E-state index in [4.69, 9.17) is 4.52 Å². The molecule has 0 N–H and O–H groups in total. The Labute approximate surface area is 87.1 Å². The molecule has 1 rings (SSSR count). The van der Waals surface area contributed by atoms with Gasteiger partial charge in [-0.2, -0.15) is 0 Å². The molecule has 6 heteroatoms. The molecule has 0 saturated heterocycles. The van der Waals surface area contributed by atoms with Crippen LogP contribution in [-0.4, -0.2) is 11.8 Å². The zero-order valence-electron chi connectivity index (χ0n) is 7.41. The number of hydrogen-bond donors (Lipinski definition) is 0. The minimum atomic E-state index is -3.23. The van der Waals surface area contributed by atoms with Gasteiger partial charge in [0.05, 0.1) is 6.66 Å². The van der Waals surface area contributed by atoms with E-state index in [1.165, 1.54) is 6.66 Å². The molecule has 0 spiro atoms. The first-order valence-electron chi connectivity index (χ1n) is 3.72. The summed E-state index contributed by atoms with van der Waals surface area (Å²) in [7, 11) is -3.23. The number of thiocarbonyl (C=S) groups is 1. The van der Waals surface area contributed by atoms with Gasteiger partial charge in [-0.15, -0.1) is 0 Å². The third kappa shape index (κ3) is 3.71. The van der Waals surface area contributed by atoms with Crippen LogP contribution in [0.4, 0.5) is 0 Å². The molecule has 0 aliphatic heterocycles. The van der Waals surface area contributed by atoms with Crippen molar-refractivity contribution in [3.63, 3.8) is 0 Å². The molecule has 1 aromatic rings. The van der Waals surface area contributed by atoms with E-state index in [9.17, 15) is 4.57 Å². The third-order valence-corrected chi connectivity index (χ3v) is 2.24. The Morgan fingerprint density at radius 1 is 1.43 bits per heavy atom. The highest BCUT2D eigenvalue weighted by Gasteiger charge is 2.19. The van der Waals surface area contributed by atoms with Crippen molar-refractivity contribution in [2.45, 2.75) is 0 Å². The van der Waals surface area contributed by atoms with E-state index in [-0.39, 0.29) is 0 Å². The highest BCUT2D eigenvalue weighted by molar-refractivity contribution is 7.78. The molecule has 0 bridgehead atoms. The van der Waals surface area contributed by atoms with Crippen molar-refractivity contribution in [2.75, 3.05) is 6.66 Å². The maximum absolute atomic E-state index is 11.5. The van der Waals surface area contributed by atoms with Gasteiger partial charge in [0.2, 0.25) is 0 Å². The average molecular weight is 229 g/mol. The number of benzene rings is 1. The monoisotopic (exact) mass is 229 g/mol. The molecule has 74 valence electrons. The Morgan fingerprint density at radius 2 is 2.07 bits per heavy atom. The Hall–Kier alpha value is -1.15. The molecule has 1 unspecified atom stereocenters. The third-order valence-electron chi connectivity index (χ3n) is 1.24. The molecule has 0 saturated carbocycles. The van der Waals surface area contributed by atoms with Crippen molar-refractivity contribution >= 4 is 25.0 Å². The first-order valence-corrected chi connectivity index (χ1v) is 6.12. The summed E-state index contributed by atoms with van der Waals surface area (Å²) in [6.07, 6.45) is 0. The fourth-order valence-electron chi connectivity index (χ4n) is 0.780. The lowest BCUT2D eigenvalue weighted by Gasteiger charge is -2.10. The molecule has 14 heavy (non-hydrogen) atoms. The lowest BCUT2D eigenvalue weighted by Crippen LogP contribution is -1.91. The van der Waals surface area contributed by atoms with Crippen LogP contribution in [0.1, 0.15) is 0 Å². The van der Waals surface area contributed by atoms with E-state index in [2.05, 4.69) is 22.0 Å². The quantitative estimate of drug-likeness (QED) is 0.344. The summed E-state index contributed by atoms with van der Waals surface area (Å²) < 4.78 is 21.1. The Morgan fingerprint density at radius 3 is 2.64 bits per heavy atom. The topological polar surface area (TPSA) is 47.9 Å². The molecule has 0 heterocycles. The van der Waals surface area contributed by atoms with E-state index in [0.717, 1.165) is 0 Å². The van der Waals surface area contributed by atoms with E-state index >= 15 is 0 Å². The van der Waals surface area contributed by atoms with Gasteiger partial charge in [-0.3, -0.25) is 4.62 Å². The van der Waals surface area contributed by atoms with Gasteiger partial charge in [0, 0.05) is 0 Å². The van der Waals surface area contributed by atoms with Crippen molar-refractivity contribution in [1.29, 1.82) is 0 Å². The second-order valence-corrected chi connectivity index (χ2v) is 4.51. The fourth-order valence-corrected chi connectivity index (χ4v) is 1.60. The molecule has 0 amide bonds. The largest absolute Gasteiger partial charge is 0.448 e. The number of isothiocyanates is 1. The van der Waals surface area contributed by atoms with E-state index in [1.807, 2.05) is 11.2 Å². The van der Waals surface area contributed by atoms with Crippen molar-refractivity contribution in [3.8, 4) is 5.75 Å². The van der Waals surface area contributed by atoms with Gasteiger partial charge in [-0.25, -0.2) is 4.57 Å². The predicted octanol–water partition coefficient (Wildman–Crippen LogP) is 2.92. The summed E-state index contributed by atoms with van der Waals surface area (Å²) in [4.78, 5) is 0. The molecule has 0 aromatic heterocycles. The maximum atomic E-state index is 11.5. The lowest BCUT2D eigenvalue weighted by atomic mass is 10.3. The molecular formula is C8H8NO3PS. The minimum Gasteiger partial charge on any atom is -0.415 e. The number of rotatable bonds is 4. The van der Waals surface area contributed by atoms with Gasteiger partial charge in [0.1, 0.15) is 10.9 Å². The molecule has 4 nitrogen and oxygen atoms in total. The second kappa shape index (κ2) is 4.91. The van der Waals surface area contributed by atoms with Gasteiger partial charge in [-0.05, 0) is 29.5 Å². The summed E-state index contributed by atoms with van der Waals surface area (Å²) in [6, 6.07) is 8.68. The second-order valence-electron chi connectivity index (χ2n) is 2.44. The van der Waals surface area contributed by atoms with Crippen LogP contribution in [0.3, 0.4) is 0 Å². The molecule has 0 fully saturated rings. The van der Waals surface area contributed by atoms with Crippen molar-refractivity contribution in [2.24, 2.45) is 5.16 Å². The van der Waals surface area contributed by atoms with Crippen LogP contribution in [0, 0.1) is 0 Å². The van der Waals surface area contributed by atoms with Crippen LogP contribution in [0.2, 0.25) is 0 Å². The Bertz CT molecular complexity index is 389. The maximum Gasteiger partial charge on any atom is 0.448 e. The van der Waals surface area contributed by atoms with Gasteiger partial charge >= 0.3 is 7.60 Å². The summed E-state index contributed by atoms with van der Waals surface area (Å²) >= 11 is 4.27. The first kappa shape index (κ1) is 10.9. The van der Waals surface area contributed by atoms with E-state index in [0.29, 0.717) is 5.75 Å².